The summed E-state index contributed by atoms with van der Waals surface area (Å²) in [6.45, 7) is 3.13. The average Bonchev–Trinajstić information content (AvgIpc) is 2.68. The van der Waals surface area contributed by atoms with Gasteiger partial charge in [0, 0.05) is 52.0 Å². The zero-order valence-corrected chi connectivity index (χ0v) is 19.7. The Balaban J connectivity index is 1.49. The number of hydrogen-bond donors (Lipinski definition) is 1. The molecule has 11 heteroatoms. The van der Waals surface area contributed by atoms with Gasteiger partial charge >= 0.3 is 6.18 Å². The lowest BCUT2D eigenvalue weighted by Crippen LogP contribution is -2.60. The fraction of sp³-hybridized carbons (Fsp3) is 0.619. The fourth-order valence-electron chi connectivity index (χ4n) is 4.09. The quantitative estimate of drug-likeness (QED) is 0.672. The lowest BCUT2D eigenvalue weighted by molar-refractivity contribution is -0.186. The molecule has 1 N–H and O–H groups in total. The Morgan fingerprint density at radius 1 is 1.12 bits per heavy atom. The zero-order chi connectivity index (χ0) is 23.8. The van der Waals surface area contributed by atoms with Gasteiger partial charge in [0.1, 0.15) is 5.92 Å². The maximum Gasteiger partial charge on any atom is 0.400 e. The number of likely N-dealkylation sites (tertiary alicyclic amines) is 2. The summed E-state index contributed by atoms with van der Waals surface area (Å²) in [4.78, 5) is 29.3. The van der Waals surface area contributed by atoms with E-state index in [0.717, 1.165) is 25.7 Å². The third-order valence-corrected chi connectivity index (χ3v) is 6.69. The van der Waals surface area contributed by atoms with Crippen LogP contribution in [0.15, 0.2) is 12.1 Å². The van der Waals surface area contributed by atoms with Crippen LogP contribution in [0.25, 0.3) is 0 Å². The van der Waals surface area contributed by atoms with E-state index >= 15 is 0 Å². The van der Waals surface area contributed by atoms with Crippen molar-refractivity contribution in [2.24, 2.45) is 5.92 Å². The second-order valence-electron chi connectivity index (χ2n) is 8.63. The third kappa shape index (κ3) is 5.43. The Kier molecular flexibility index (Phi) is 7.51. The van der Waals surface area contributed by atoms with Crippen molar-refractivity contribution < 1.29 is 22.8 Å². The van der Waals surface area contributed by atoms with Crippen LogP contribution < -0.4 is 5.32 Å². The number of carbonyl (C=O) groups is 2. The normalized spacial score (nSPS) is 19.4. The molecule has 0 aromatic heterocycles. The molecule has 178 valence electrons. The minimum Gasteiger partial charge on any atom is -0.380 e. The molecule has 1 aromatic carbocycles. The molecule has 0 aliphatic carbocycles. The van der Waals surface area contributed by atoms with E-state index < -0.39 is 18.0 Å². The number of amides is 2. The van der Waals surface area contributed by atoms with Crippen LogP contribution in [0.2, 0.25) is 10.0 Å². The summed E-state index contributed by atoms with van der Waals surface area (Å²) in [5, 5.41) is 3.91. The molecule has 2 aliphatic rings. The van der Waals surface area contributed by atoms with Crippen LogP contribution in [-0.2, 0) is 4.79 Å². The highest BCUT2D eigenvalue weighted by Gasteiger charge is 2.44. The number of piperidine rings is 1. The molecule has 2 fully saturated rings. The minimum atomic E-state index is -4.51. The van der Waals surface area contributed by atoms with Crippen molar-refractivity contribution in [3.05, 3.63) is 27.7 Å². The van der Waals surface area contributed by atoms with Gasteiger partial charge < -0.3 is 15.1 Å². The van der Waals surface area contributed by atoms with Gasteiger partial charge in [-0.25, -0.2) is 0 Å². The van der Waals surface area contributed by atoms with Crippen LogP contribution in [0, 0.1) is 5.92 Å². The Morgan fingerprint density at radius 2 is 1.66 bits per heavy atom. The first-order chi connectivity index (χ1) is 14.9. The first-order valence-corrected chi connectivity index (χ1v) is 11.2. The molecule has 0 spiro atoms. The standard InChI is InChI=1S/C21H27Cl2F3N4O2/c1-12(21(24,25)26)19(31)29-6-4-15(5-7-29)30-10-14(11-30)27-13-8-16(22)18(17(23)9-13)20(32)28(2)3/h8-9,12,14-15,27H,4-7,10-11H2,1-3H3. The van der Waals surface area contributed by atoms with Gasteiger partial charge in [0.15, 0.2) is 0 Å². The van der Waals surface area contributed by atoms with Gasteiger partial charge in [0.05, 0.1) is 21.7 Å². The minimum absolute atomic E-state index is 0.169. The molecule has 0 saturated carbocycles. The van der Waals surface area contributed by atoms with Crippen molar-refractivity contribution in [1.29, 1.82) is 0 Å². The molecule has 1 atom stereocenters. The Bertz CT molecular complexity index is 844. The number of halogens is 5. The van der Waals surface area contributed by atoms with Crippen LogP contribution >= 0.6 is 23.2 Å². The fourth-order valence-corrected chi connectivity index (χ4v) is 4.74. The predicted molar refractivity (Wildman–Crippen MR) is 118 cm³/mol. The maximum atomic E-state index is 12.8. The van der Waals surface area contributed by atoms with E-state index in [1.54, 1.807) is 26.2 Å². The van der Waals surface area contributed by atoms with Gasteiger partial charge in [0.25, 0.3) is 5.91 Å². The lowest BCUT2D eigenvalue weighted by atomic mass is 9.96. The van der Waals surface area contributed by atoms with Gasteiger partial charge in [-0.15, -0.1) is 0 Å². The molecular formula is C21H27Cl2F3N4O2. The predicted octanol–water partition coefficient (Wildman–Crippen LogP) is 3.98. The van der Waals surface area contributed by atoms with Gasteiger partial charge in [0.2, 0.25) is 5.91 Å². The van der Waals surface area contributed by atoms with Crippen molar-refractivity contribution in [3.8, 4) is 0 Å². The highest BCUT2D eigenvalue weighted by Crippen LogP contribution is 2.32. The molecule has 2 heterocycles. The average molecular weight is 495 g/mol. The lowest BCUT2D eigenvalue weighted by Gasteiger charge is -2.47. The van der Waals surface area contributed by atoms with Gasteiger partial charge in [-0.3, -0.25) is 14.5 Å². The van der Waals surface area contributed by atoms with Crippen LogP contribution in [0.3, 0.4) is 0 Å². The molecule has 1 aromatic rings. The highest BCUT2D eigenvalue weighted by atomic mass is 35.5. The number of benzene rings is 1. The first-order valence-electron chi connectivity index (χ1n) is 10.4. The monoisotopic (exact) mass is 494 g/mol. The Labute approximate surface area is 195 Å². The van der Waals surface area contributed by atoms with Gasteiger partial charge in [-0.05, 0) is 31.9 Å². The van der Waals surface area contributed by atoms with Crippen molar-refractivity contribution in [2.75, 3.05) is 45.6 Å². The van der Waals surface area contributed by atoms with E-state index in [4.69, 9.17) is 23.2 Å². The smallest absolute Gasteiger partial charge is 0.380 e. The van der Waals surface area contributed by atoms with E-state index in [0.29, 0.717) is 25.9 Å². The highest BCUT2D eigenvalue weighted by molar-refractivity contribution is 6.40. The molecule has 6 nitrogen and oxygen atoms in total. The van der Waals surface area contributed by atoms with Crippen molar-refractivity contribution in [1.82, 2.24) is 14.7 Å². The summed E-state index contributed by atoms with van der Waals surface area (Å²) in [5.41, 5.74) is 0.988. The van der Waals surface area contributed by atoms with E-state index in [2.05, 4.69) is 10.2 Å². The molecule has 3 rings (SSSR count). The van der Waals surface area contributed by atoms with Gasteiger partial charge in [-0.1, -0.05) is 23.2 Å². The summed E-state index contributed by atoms with van der Waals surface area (Å²) in [7, 11) is 3.25. The molecule has 32 heavy (non-hydrogen) atoms. The van der Waals surface area contributed by atoms with E-state index in [-0.39, 0.29) is 33.6 Å². The summed E-state index contributed by atoms with van der Waals surface area (Å²) in [5.74, 6) is -3.07. The number of alkyl halides is 3. The van der Waals surface area contributed by atoms with Crippen molar-refractivity contribution in [2.45, 2.75) is 38.0 Å². The molecule has 2 amide bonds. The second-order valence-corrected chi connectivity index (χ2v) is 9.44. The number of anilines is 1. The molecule has 2 aliphatic heterocycles. The third-order valence-electron chi connectivity index (χ3n) is 6.10. The molecule has 2 saturated heterocycles. The van der Waals surface area contributed by atoms with Crippen LogP contribution in [-0.4, -0.2) is 85.0 Å². The Hall–Kier alpha value is -1.71. The number of carbonyl (C=O) groups excluding carboxylic acids is 2. The largest absolute Gasteiger partial charge is 0.400 e. The molecule has 0 radical (unpaired) electrons. The maximum absolute atomic E-state index is 12.8. The van der Waals surface area contributed by atoms with Crippen LogP contribution in [0.4, 0.5) is 18.9 Å². The van der Waals surface area contributed by atoms with Crippen LogP contribution in [0.1, 0.15) is 30.1 Å². The number of nitrogens with zero attached hydrogens (tertiary/aromatic N) is 3. The summed E-state index contributed by atoms with van der Waals surface area (Å²) < 4.78 is 38.4. The molecular weight excluding hydrogens is 468 g/mol. The van der Waals surface area contributed by atoms with Gasteiger partial charge in [-0.2, -0.15) is 13.2 Å². The molecule has 1 unspecified atom stereocenters. The number of rotatable bonds is 5. The Morgan fingerprint density at radius 3 is 2.12 bits per heavy atom. The van der Waals surface area contributed by atoms with Crippen molar-refractivity contribution >= 4 is 40.7 Å². The van der Waals surface area contributed by atoms with E-state index in [9.17, 15) is 22.8 Å². The van der Waals surface area contributed by atoms with E-state index in [1.165, 1.54) is 9.80 Å². The van der Waals surface area contributed by atoms with E-state index in [1.807, 2.05) is 0 Å². The zero-order valence-electron chi connectivity index (χ0n) is 18.2. The number of nitrogens with one attached hydrogen (secondary N) is 1. The molecule has 0 bridgehead atoms. The second kappa shape index (κ2) is 9.65. The van der Waals surface area contributed by atoms with Crippen molar-refractivity contribution in [3.63, 3.8) is 0 Å². The van der Waals surface area contributed by atoms with Crippen LogP contribution in [0.5, 0.6) is 0 Å². The first kappa shape index (κ1) is 24.9. The number of hydrogen-bond acceptors (Lipinski definition) is 4. The topological polar surface area (TPSA) is 55.9 Å². The summed E-state index contributed by atoms with van der Waals surface area (Å²) >= 11 is 12.5. The summed E-state index contributed by atoms with van der Waals surface area (Å²) in [6.07, 6.45) is -3.20. The SMILES string of the molecule is CC(C(=O)N1CCC(N2CC(Nc3cc(Cl)c(C(=O)N(C)C)c(Cl)c3)C2)CC1)C(F)(F)F. The summed E-state index contributed by atoms with van der Waals surface area (Å²) in [6, 6.07) is 3.77.